The van der Waals surface area contributed by atoms with Crippen LogP contribution in [0.5, 0.6) is 0 Å². The Labute approximate surface area is 122 Å². The zero-order valence-electron chi connectivity index (χ0n) is 11.5. The van der Waals surface area contributed by atoms with Crippen molar-refractivity contribution in [2.24, 2.45) is 0 Å². The monoisotopic (exact) mass is 329 g/mol. The first-order valence-electron chi connectivity index (χ1n) is 6.76. The summed E-state index contributed by atoms with van der Waals surface area (Å²) in [5.74, 6) is -0.268. The van der Waals surface area contributed by atoms with E-state index in [0.29, 0.717) is 10.9 Å². The van der Waals surface area contributed by atoms with Crippen LogP contribution in [-0.4, -0.2) is 35.7 Å². The molecule has 1 saturated carbocycles. The average molecular weight is 330 g/mol. The van der Waals surface area contributed by atoms with Gasteiger partial charge < -0.3 is 10.0 Å². The third-order valence-corrected chi connectivity index (χ3v) is 5.31. The van der Waals surface area contributed by atoms with Crippen molar-refractivity contribution in [2.75, 3.05) is 14.1 Å². The highest BCUT2D eigenvalue weighted by Crippen LogP contribution is 2.38. The number of rotatable bonds is 4. The van der Waals surface area contributed by atoms with Crippen molar-refractivity contribution in [3.05, 3.63) is 34.1 Å². The van der Waals surface area contributed by atoms with Gasteiger partial charge in [0.25, 0.3) is 0 Å². The van der Waals surface area contributed by atoms with E-state index in [-0.39, 0.29) is 11.4 Å². The fraction of sp³-hybridized carbons (Fsp3) is 0.600. The van der Waals surface area contributed by atoms with Crippen LogP contribution < -0.4 is 0 Å². The minimum absolute atomic E-state index is 0.161. The summed E-state index contributed by atoms with van der Waals surface area (Å²) in [5.41, 5.74) is 0.673. The van der Waals surface area contributed by atoms with E-state index in [1.165, 1.54) is 6.07 Å². The lowest BCUT2D eigenvalue weighted by molar-refractivity contribution is -0.00262. The van der Waals surface area contributed by atoms with Crippen LogP contribution in [0.15, 0.2) is 22.7 Å². The summed E-state index contributed by atoms with van der Waals surface area (Å²) < 4.78 is 14.0. The fourth-order valence-electron chi connectivity index (χ4n) is 3.17. The average Bonchev–Trinajstić information content (AvgIpc) is 2.85. The van der Waals surface area contributed by atoms with Crippen LogP contribution in [0.2, 0.25) is 0 Å². The molecular formula is C15H21BrFNO. The van der Waals surface area contributed by atoms with Gasteiger partial charge >= 0.3 is 0 Å². The van der Waals surface area contributed by atoms with Crippen molar-refractivity contribution in [2.45, 2.75) is 43.7 Å². The van der Waals surface area contributed by atoms with Gasteiger partial charge in [0.05, 0.1) is 10.6 Å². The van der Waals surface area contributed by atoms with Gasteiger partial charge in [-0.3, -0.25) is 0 Å². The van der Waals surface area contributed by atoms with Crippen LogP contribution >= 0.6 is 15.9 Å². The van der Waals surface area contributed by atoms with Gasteiger partial charge in [0.2, 0.25) is 0 Å². The van der Waals surface area contributed by atoms with Crippen molar-refractivity contribution in [1.82, 2.24) is 4.90 Å². The molecule has 1 aromatic rings. The minimum Gasteiger partial charge on any atom is -0.391 e. The van der Waals surface area contributed by atoms with Gasteiger partial charge in [0.15, 0.2) is 0 Å². The number of benzene rings is 1. The molecule has 1 atom stereocenters. The number of aliphatic hydroxyl groups is 1. The van der Waals surface area contributed by atoms with Gasteiger partial charge in [0.1, 0.15) is 5.82 Å². The van der Waals surface area contributed by atoms with Crippen molar-refractivity contribution in [3.8, 4) is 0 Å². The Balaban J connectivity index is 2.20. The Morgan fingerprint density at radius 3 is 2.58 bits per heavy atom. The molecule has 0 saturated heterocycles. The molecule has 4 heteroatoms. The Bertz CT molecular complexity index is 444. The summed E-state index contributed by atoms with van der Waals surface area (Å²) in [5, 5.41) is 10.7. The Kier molecular flexibility index (Phi) is 4.64. The molecular weight excluding hydrogens is 309 g/mol. The van der Waals surface area contributed by atoms with Gasteiger partial charge in [-0.25, -0.2) is 4.39 Å². The second-order valence-corrected chi connectivity index (χ2v) is 6.43. The van der Waals surface area contributed by atoms with E-state index in [0.717, 1.165) is 31.2 Å². The Morgan fingerprint density at radius 1 is 1.37 bits per heavy atom. The Morgan fingerprint density at radius 2 is 2.00 bits per heavy atom. The highest BCUT2D eigenvalue weighted by Gasteiger charge is 2.42. The lowest BCUT2D eigenvalue weighted by Gasteiger charge is -2.40. The third kappa shape index (κ3) is 2.86. The number of aliphatic hydroxyl groups excluding tert-OH is 1. The van der Waals surface area contributed by atoms with Crippen molar-refractivity contribution in [1.29, 1.82) is 0 Å². The van der Waals surface area contributed by atoms with Crippen LogP contribution in [0.3, 0.4) is 0 Å². The van der Waals surface area contributed by atoms with Gasteiger partial charge in [-0.1, -0.05) is 25.0 Å². The molecule has 0 radical (unpaired) electrons. The van der Waals surface area contributed by atoms with E-state index >= 15 is 0 Å². The molecule has 0 heterocycles. The first-order chi connectivity index (χ1) is 8.97. The topological polar surface area (TPSA) is 23.5 Å². The van der Waals surface area contributed by atoms with Crippen LogP contribution in [0.4, 0.5) is 4.39 Å². The van der Waals surface area contributed by atoms with Crippen molar-refractivity contribution < 1.29 is 9.50 Å². The predicted octanol–water partition coefficient (Wildman–Crippen LogP) is 3.37. The van der Waals surface area contributed by atoms with E-state index in [9.17, 15) is 9.50 Å². The molecule has 0 spiro atoms. The zero-order valence-corrected chi connectivity index (χ0v) is 13.1. The summed E-state index contributed by atoms with van der Waals surface area (Å²) in [6.07, 6.45) is 4.33. The lowest BCUT2D eigenvalue weighted by atomic mass is 9.85. The molecule has 2 nitrogen and oxygen atoms in total. The summed E-state index contributed by atoms with van der Waals surface area (Å²) >= 11 is 3.27. The van der Waals surface area contributed by atoms with E-state index in [4.69, 9.17) is 0 Å². The first-order valence-corrected chi connectivity index (χ1v) is 7.55. The summed E-state index contributed by atoms with van der Waals surface area (Å²) in [7, 11) is 4.05. The molecule has 1 aliphatic carbocycles. The van der Waals surface area contributed by atoms with Crippen molar-refractivity contribution >= 4 is 15.9 Å². The highest BCUT2D eigenvalue weighted by atomic mass is 79.9. The smallest absolute Gasteiger partial charge is 0.137 e. The number of halogens is 2. The maximum Gasteiger partial charge on any atom is 0.137 e. The van der Waals surface area contributed by atoms with Crippen molar-refractivity contribution in [3.63, 3.8) is 0 Å². The van der Waals surface area contributed by atoms with E-state index in [1.807, 2.05) is 20.2 Å². The third-order valence-electron chi connectivity index (χ3n) is 4.43. The molecule has 106 valence electrons. The lowest BCUT2D eigenvalue weighted by Crippen LogP contribution is -2.52. The molecule has 0 bridgehead atoms. The molecule has 1 aliphatic rings. The standard InChI is InChI=1S/C15H21BrFNO/c1-18(2)15(8-3-4-9-15)13(19)10-11-6-5-7-12(17)14(11)16/h5-7,13,19H,3-4,8-10H2,1-2H3. The van der Waals surface area contributed by atoms with Gasteiger partial charge in [-0.2, -0.15) is 0 Å². The number of hydrogen-bond donors (Lipinski definition) is 1. The molecule has 0 aromatic heterocycles. The molecule has 0 aliphatic heterocycles. The normalized spacial score (nSPS) is 19.9. The molecule has 1 fully saturated rings. The minimum atomic E-state index is -0.469. The Hall–Kier alpha value is -0.450. The molecule has 2 rings (SSSR count). The second-order valence-electron chi connectivity index (χ2n) is 5.64. The quantitative estimate of drug-likeness (QED) is 0.915. The second kappa shape index (κ2) is 5.90. The van der Waals surface area contributed by atoms with E-state index < -0.39 is 6.10 Å². The fourth-order valence-corrected chi connectivity index (χ4v) is 3.60. The summed E-state index contributed by atoms with van der Waals surface area (Å²) in [6.45, 7) is 0. The van der Waals surface area contributed by atoms with Crippen LogP contribution in [0, 0.1) is 5.82 Å². The molecule has 1 N–H and O–H groups in total. The van der Waals surface area contributed by atoms with Crippen LogP contribution in [0.25, 0.3) is 0 Å². The molecule has 19 heavy (non-hydrogen) atoms. The van der Waals surface area contributed by atoms with Crippen LogP contribution in [0.1, 0.15) is 31.2 Å². The predicted molar refractivity (Wildman–Crippen MR) is 78.7 cm³/mol. The largest absolute Gasteiger partial charge is 0.391 e. The zero-order chi connectivity index (χ0) is 14.0. The number of likely N-dealkylation sites (N-methyl/N-ethyl adjacent to an activating group) is 1. The maximum atomic E-state index is 13.5. The molecule has 0 amide bonds. The SMILES string of the molecule is CN(C)C1(C(O)Cc2cccc(F)c2Br)CCCC1. The van der Waals surface area contributed by atoms with E-state index in [2.05, 4.69) is 20.8 Å². The number of nitrogens with zero attached hydrogens (tertiary/aromatic N) is 1. The van der Waals surface area contributed by atoms with Gasteiger partial charge in [-0.05, 0) is 54.5 Å². The maximum absolute atomic E-state index is 13.5. The summed E-state index contributed by atoms with van der Waals surface area (Å²) in [6, 6.07) is 4.99. The number of hydrogen-bond acceptors (Lipinski definition) is 2. The van der Waals surface area contributed by atoms with Crippen LogP contribution in [-0.2, 0) is 6.42 Å². The van der Waals surface area contributed by atoms with Gasteiger partial charge in [-0.15, -0.1) is 0 Å². The molecule has 1 aromatic carbocycles. The van der Waals surface area contributed by atoms with Gasteiger partial charge in [0, 0.05) is 12.0 Å². The van der Waals surface area contributed by atoms with E-state index in [1.54, 1.807) is 6.07 Å². The molecule has 1 unspecified atom stereocenters. The summed E-state index contributed by atoms with van der Waals surface area (Å²) in [4.78, 5) is 2.14. The highest BCUT2D eigenvalue weighted by molar-refractivity contribution is 9.10. The first kappa shape index (κ1) is 14.9.